The molecule has 2 aromatic carbocycles. The fourth-order valence-corrected chi connectivity index (χ4v) is 3.40. The molecule has 0 bridgehead atoms. The average molecular weight is 391 g/mol. The van der Waals surface area contributed by atoms with Crippen molar-refractivity contribution >= 4 is 33.5 Å². The molecule has 4 aromatic rings. The number of para-hydroxylation sites is 2. The molecule has 0 aliphatic heterocycles. The molecule has 0 atom stereocenters. The van der Waals surface area contributed by atoms with E-state index in [4.69, 9.17) is 0 Å². The predicted molar refractivity (Wildman–Crippen MR) is 108 cm³/mol. The third-order valence-corrected chi connectivity index (χ3v) is 4.75. The van der Waals surface area contributed by atoms with Gasteiger partial charge in [0.05, 0.1) is 21.5 Å². The molecule has 2 N–H and O–H groups in total. The van der Waals surface area contributed by atoms with Gasteiger partial charge >= 0.3 is 0 Å². The van der Waals surface area contributed by atoms with Crippen molar-refractivity contribution in [1.82, 2.24) is 19.9 Å². The van der Waals surface area contributed by atoms with Crippen molar-refractivity contribution in [3.8, 4) is 0 Å². The molecule has 0 radical (unpaired) electrons. The third-order valence-electron chi connectivity index (χ3n) is 4.75. The Kier molecular flexibility index (Phi) is 4.55. The van der Waals surface area contributed by atoms with E-state index in [9.17, 15) is 19.7 Å². The van der Waals surface area contributed by atoms with Crippen LogP contribution in [0.1, 0.15) is 16.2 Å². The van der Waals surface area contributed by atoms with Crippen LogP contribution in [0, 0.1) is 17.0 Å². The first kappa shape index (κ1) is 18.4. The standard InChI is InChI=1S/C20H17N5O4/c1-12-22-17-4-2-3-5-18(17)24(12)9-8-21-20(27)15-11-19(26)23-16-7-6-13(25(28)29)10-14(15)16/h2-7,10-11H,8-9H2,1H3,(H,21,27)(H,23,26). The Morgan fingerprint density at radius 1 is 1.24 bits per heavy atom. The minimum atomic E-state index is -0.542. The number of fused-ring (bicyclic) bond motifs is 2. The highest BCUT2D eigenvalue weighted by Gasteiger charge is 2.15. The molecule has 2 aromatic heterocycles. The van der Waals surface area contributed by atoms with Crippen LogP contribution in [0.3, 0.4) is 0 Å². The number of non-ortho nitro benzene ring substituents is 1. The largest absolute Gasteiger partial charge is 0.350 e. The Morgan fingerprint density at radius 3 is 2.83 bits per heavy atom. The van der Waals surface area contributed by atoms with E-state index in [-0.39, 0.29) is 11.3 Å². The average Bonchev–Trinajstić information content (AvgIpc) is 3.02. The van der Waals surface area contributed by atoms with Gasteiger partial charge in [0.25, 0.3) is 11.6 Å². The van der Waals surface area contributed by atoms with Gasteiger partial charge in [0.15, 0.2) is 0 Å². The summed E-state index contributed by atoms with van der Waals surface area (Å²) in [5.41, 5.74) is 1.71. The van der Waals surface area contributed by atoms with E-state index in [1.807, 2.05) is 35.8 Å². The number of nitro groups is 1. The summed E-state index contributed by atoms with van der Waals surface area (Å²) in [6.07, 6.45) is 0. The number of carbonyl (C=O) groups excluding carboxylic acids is 1. The van der Waals surface area contributed by atoms with E-state index in [1.165, 1.54) is 18.2 Å². The summed E-state index contributed by atoms with van der Waals surface area (Å²) in [5.74, 6) is 0.362. The van der Waals surface area contributed by atoms with Gasteiger partial charge in [-0.1, -0.05) is 12.1 Å². The fraction of sp³-hybridized carbons (Fsp3) is 0.150. The number of rotatable bonds is 5. The quantitative estimate of drug-likeness (QED) is 0.400. The molecule has 9 nitrogen and oxygen atoms in total. The molecule has 29 heavy (non-hydrogen) atoms. The van der Waals surface area contributed by atoms with E-state index >= 15 is 0 Å². The molecule has 1 amide bonds. The number of nitro benzene ring substituents is 1. The number of hydrogen-bond donors (Lipinski definition) is 2. The highest BCUT2D eigenvalue weighted by Crippen LogP contribution is 2.21. The summed E-state index contributed by atoms with van der Waals surface area (Å²) < 4.78 is 2.00. The first-order valence-corrected chi connectivity index (χ1v) is 8.95. The Balaban J connectivity index is 1.59. The van der Waals surface area contributed by atoms with Gasteiger partial charge in [-0.25, -0.2) is 4.98 Å². The second-order valence-electron chi connectivity index (χ2n) is 6.59. The number of hydrogen-bond acceptors (Lipinski definition) is 5. The van der Waals surface area contributed by atoms with Crippen molar-refractivity contribution in [2.75, 3.05) is 6.54 Å². The summed E-state index contributed by atoms with van der Waals surface area (Å²) in [5, 5.41) is 14.2. The van der Waals surface area contributed by atoms with Crippen molar-refractivity contribution in [2.45, 2.75) is 13.5 Å². The molecule has 9 heteroatoms. The molecule has 0 unspecified atom stereocenters. The maximum atomic E-state index is 12.7. The third kappa shape index (κ3) is 3.45. The maximum absolute atomic E-state index is 12.7. The Hall–Kier alpha value is -4.01. The lowest BCUT2D eigenvalue weighted by Crippen LogP contribution is -2.28. The first-order chi connectivity index (χ1) is 13.9. The number of benzene rings is 2. The number of nitrogens with zero attached hydrogens (tertiary/aromatic N) is 3. The van der Waals surface area contributed by atoms with Crippen LogP contribution in [-0.2, 0) is 6.54 Å². The van der Waals surface area contributed by atoms with Crippen LogP contribution in [0.15, 0.2) is 53.3 Å². The van der Waals surface area contributed by atoms with E-state index in [0.717, 1.165) is 22.9 Å². The zero-order chi connectivity index (χ0) is 20.5. The number of pyridine rings is 1. The van der Waals surface area contributed by atoms with Gasteiger partial charge in [-0.05, 0) is 25.1 Å². The first-order valence-electron chi connectivity index (χ1n) is 8.95. The van der Waals surface area contributed by atoms with Crippen LogP contribution >= 0.6 is 0 Å². The Morgan fingerprint density at radius 2 is 2.03 bits per heavy atom. The highest BCUT2D eigenvalue weighted by atomic mass is 16.6. The molecule has 4 rings (SSSR count). The second kappa shape index (κ2) is 7.19. The highest BCUT2D eigenvalue weighted by molar-refractivity contribution is 6.06. The summed E-state index contributed by atoms with van der Waals surface area (Å²) in [6.45, 7) is 2.70. The molecule has 2 heterocycles. The van der Waals surface area contributed by atoms with E-state index in [2.05, 4.69) is 15.3 Å². The lowest BCUT2D eigenvalue weighted by Gasteiger charge is -2.10. The number of amides is 1. The SMILES string of the molecule is Cc1nc2ccccc2n1CCNC(=O)c1cc(=O)[nH]c2ccc([N+](=O)[O-])cc12. The van der Waals surface area contributed by atoms with Crippen molar-refractivity contribution in [2.24, 2.45) is 0 Å². The fourth-order valence-electron chi connectivity index (χ4n) is 3.40. The number of H-pyrrole nitrogens is 1. The molecular formula is C20H17N5O4. The van der Waals surface area contributed by atoms with E-state index in [1.54, 1.807) is 0 Å². The van der Waals surface area contributed by atoms with Gasteiger partial charge in [0.1, 0.15) is 5.82 Å². The summed E-state index contributed by atoms with van der Waals surface area (Å²) >= 11 is 0. The maximum Gasteiger partial charge on any atom is 0.270 e. The molecule has 146 valence electrons. The van der Waals surface area contributed by atoms with Crippen molar-refractivity contribution in [3.63, 3.8) is 0 Å². The zero-order valence-electron chi connectivity index (χ0n) is 15.5. The van der Waals surface area contributed by atoms with Gasteiger partial charge < -0.3 is 14.9 Å². The molecule has 0 saturated heterocycles. The summed E-state index contributed by atoms with van der Waals surface area (Å²) in [7, 11) is 0. The minimum Gasteiger partial charge on any atom is -0.350 e. The van der Waals surface area contributed by atoms with Gasteiger partial charge in [-0.2, -0.15) is 0 Å². The number of nitrogens with one attached hydrogen (secondary N) is 2. The molecule has 0 saturated carbocycles. The second-order valence-corrected chi connectivity index (χ2v) is 6.59. The van der Waals surface area contributed by atoms with Gasteiger partial charge in [-0.3, -0.25) is 19.7 Å². The minimum absolute atomic E-state index is 0.0969. The van der Waals surface area contributed by atoms with Crippen molar-refractivity contribution < 1.29 is 9.72 Å². The van der Waals surface area contributed by atoms with Crippen LogP contribution in [0.25, 0.3) is 21.9 Å². The van der Waals surface area contributed by atoms with Crippen molar-refractivity contribution in [3.05, 3.63) is 80.4 Å². The summed E-state index contributed by atoms with van der Waals surface area (Å²) in [4.78, 5) is 42.2. The van der Waals surface area contributed by atoms with Crippen LogP contribution in [0.5, 0.6) is 0 Å². The van der Waals surface area contributed by atoms with Gasteiger partial charge in [0.2, 0.25) is 5.56 Å². The molecule has 0 aliphatic rings. The molecule has 0 aliphatic carbocycles. The molecule has 0 spiro atoms. The van der Waals surface area contributed by atoms with Crippen LogP contribution in [0.4, 0.5) is 5.69 Å². The predicted octanol–water partition coefficient (Wildman–Crippen LogP) is 2.52. The normalized spacial score (nSPS) is 11.1. The van der Waals surface area contributed by atoms with E-state index < -0.39 is 16.4 Å². The molecular weight excluding hydrogens is 374 g/mol. The lowest BCUT2D eigenvalue weighted by molar-refractivity contribution is -0.384. The van der Waals surface area contributed by atoms with E-state index in [0.29, 0.717) is 24.0 Å². The number of aromatic nitrogens is 3. The smallest absolute Gasteiger partial charge is 0.270 e. The number of aromatic amines is 1. The Labute approximate surface area is 164 Å². The number of aryl methyl sites for hydroxylation is 1. The van der Waals surface area contributed by atoms with Crippen molar-refractivity contribution in [1.29, 1.82) is 0 Å². The number of imidazole rings is 1. The van der Waals surface area contributed by atoms with Gasteiger partial charge in [-0.15, -0.1) is 0 Å². The zero-order valence-corrected chi connectivity index (χ0v) is 15.5. The lowest BCUT2D eigenvalue weighted by atomic mass is 10.1. The summed E-state index contributed by atoms with van der Waals surface area (Å²) in [6, 6.07) is 12.9. The monoisotopic (exact) mass is 391 g/mol. The van der Waals surface area contributed by atoms with Gasteiger partial charge in [0, 0.05) is 42.2 Å². The van der Waals surface area contributed by atoms with Crippen LogP contribution < -0.4 is 10.9 Å². The van der Waals surface area contributed by atoms with Crippen LogP contribution in [0.2, 0.25) is 0 Å². The molecule has 0 fully saturated rings. The Bertz CT molecular complexity index is 1320. The van der Waals surface area contributed by atoms with Crippen LogP contribution in [-0.4, -0.2) is 31.9 Å². The topological polar surface area (TPSA) is 123 Å². The number of carbonyl (C=O) groups is 1.